The van der Waals surface area contributed by atoms with Crippen LogP contribution in [0.15, 0.2) is 12.1 Å². The summed E-state index contributed by atoms with van der Waals surface area (Å²) in [5.74, 6) is 0.708. The molecule has 0 amide bonds. The Morgan fingerprint density at radius 1 is 1.40 bits per heavy atom. The molecular formula is C13H13Cl2N3OS. The van der Waals surface area contributed by atoms with Crippen molar-refractivity contribution in [3.05, 3.63) is 32.7 Å². The van der Waals surface area contributed by atoms with Gasteiger partial charge in [0.2, 0.25) is 5.13 Å². The quantitative estimate of drug-likeness (QED) is 0.909. The van der Waals surface area contributed by atoms with E-state index in [0.717, 1.165) is 28.5 Å². The Bertz CT molecular complexity index is 632. The van der Waals surface area contributed by atoms with E-state index < -0.39 is 0 Å². The summed E-state index contributed by atoms with van der Waals surface area (Å²) in [6.07, 6.45) is 1.73. The lowest BCUT2D eigenvalue weighted by Gasteiger charge is -2.27. The van der Waals surface area contributed by atoms with Gasteiger partial charge in [0.15, 0.2) is 0 Å². The molecule has 0 spiro atoms. The Kier molecular flexibility index (Phi) is 4.01. The summed E-state index contributed by atoms with van der Waals surface area (Å²) < 4.78 is 5.64. The van der Waals surface area contributed by atoms with Crippen molar-refractivity contribution in [3.63, 3.8) is 0 Å². The first-order valence-corrected chi connectivity index (χ1v) is 7.95. The first kappa shape index (κ1) is 13.9. The van der Waals surface area contributed by atoms with Gasteiger partial charge in [-0.05, 0) is 18.6 Å². The summed E-state index contributed by atoms with van der Waals surface area (Å²) in [5.41, 5.74) is 0.974. The highest BCUT2D eigenvalue weighted by atomic mass is 35.5. The molecule has 1 aliphatic rings. The molecule has 0 aliphatic carbocycles. The number of ether oxygens (including phenoxy) is 1. The number of benzene rings is 1. The molecule has 20 heavy (non-hydrogen) atoms. The molecule has 0 saturated carbocycles. The summed E-state index contributed by atoms with van der Waals surface area (Å²) in [6, 6.07) is 3.68. The Labute approximate surface area is 131 Å². The fourth-order valence-electron chi connectivity index (χ4n) is 2.18. The van der Waals surface area contributed by atoms with Crippen LogP contribution in [-0.2, 0) is 6.42 Å². The number of halogens is 2. The van der Waals surface area contributed by atoms with Gasteiger partial charge in [0.25, 0.3) is 0 Å². The van der Waals surface area contributed by atoms with Crippen LogP contribution in [0.3, 0.4) is 0 Å². The molecule has 1 aromatic heterocycles. The van der Waals surface area contributed by atoms with E-state index in [0.29, 0.717) is 22.4 Å². The normalized spacial score (nSPS) is 17.4. The number of nitrogens with zero attached hydrogens (tertiary/aromatic N) is 2. The van der Waals surface area contributed by atoms with Gasteiger partial charge in [0.1, 0.15) is 10.8 Å². The van der Waals surface area contributed by atoms with Gasteiger partial charge >= 0.3 is 0 Å². The minimum Gasteiger partial charge on any atom is -0.492 e. The van der Waals surface area contributed by atoms with Crippen LogP contribution in [0.5, 0.6) is 5.75 Å². The molecule has 1 N–H and O–H groups in total. The molecule has 1 atom stereocenters. The molecule has 0 saturated heterocycles. The predicted molar refractivity (Wildman–Crippen MR) is 82.2 cm³/mol. The van der Waals surface area contributed by atoms with Crippen molar-refractivity contribution in [3.8, 4) is 5.75 Å². The number of hydrogen-bond donors (Lipinski definition) is 1. The number of anilines is 1. The van der Waals surface area contributed by atoms with Crippen LogP contribution in [0, 0.1) is 0 Å². The fourth-order valence-corrected chi connectivity index (χ4v) is 3.48. The lowest BCUT2D eigenvalue weighted by Crippen LogP contribution is -2.20. The van der Waals surface area contributed by atoms with Gasteiger partial charge in [-0.2, -0.15) is 0 Å². The minimum absolute atomic E-state index is 0.0904. The van der Waals surface area contributed by atoms with Crippen LogP contribution in [0.2, 0.25) is 10.0 Å². The Hall–Kier alpha value is -1.04. The third kappa shape index (κ3) is 2.71. The number of rotatable bonds is 3. The zero-order chi connectivity index (χ0) is 14.1. The first-order valence-electron chi connectivity index (χ1n) is 6.38. The van der Waals surface area contributed by atoms with Crippen molar-refractivity contribution in [1.29, 1.82) is 0 Å². The monoisotopic (exact) mass is 329 g/mol. The van der Waals surface area contributed by atoms with Gasteiger partial charge in [0.05, 0.1) is 17.7 Å². The molecule has 0 fully saturated rings. The Morgan fingerprint density at radius 2 is 2.25 bits per heavy atom. The molecule has 2 aromatic rings. The van der Waals surface area contributed by atoms with Crippen molar-refractivity contribution in [2.75, 3.05) is 11.9 Å². The van der Waals surface area contributed by atoms with Crippen LogP contribution in [-0.4, -0.2) is 16.8 Å². The van der Waals surface area contributed by atoms with Gasteiger partial charge in [-0.15, -0.1) is 10.2 Å². The topological polar surface area (TPSA) is 47.0 Å². The zero-order valence-electron chi connectivity index (χ0n) is 10.8. The maximum absolute atomic E-state index is 6.18. The largest absolute Gasteiger partial charge is 0.492 e. The Morgan fingerprint density at radius 3 is 3.00 bits per heavy atom. The highest BCUT2D eigenvalue weighted by molar-refractivity contribution is 7.15. The van der Waals surface area contributed by atoms with Gasteiger partial charge in [-0.1, -0.05) is 41.5 Å². The lowest BCUT2D eigenvalue weighted by atomic mass is 10.0. The summed E-state index contributed by atoms with van der Waals surface area (Å²) in [7, 11) is 0. The van der Waals surface area contributed by atoms with Crippen molar-refractivity contribution in [1.82, 2.24) is 10.2 Å². The van der Waals surface area contributed by atoms with Gasteiger partial charge in [0, 0.05) is 17.0 Å². The van der Waals surface area contributed by atoms with E-state index in [2.05, 4.69) is 22.4 Å². The summed E-state index contributed by atoms with van der Waals surface area (Å²) >= 11 is 13.8. The van der Waals surface area contributed by atoms with Gasteiger partial charge in [-0.25, -0.2) is 0 Å². The maximum atomic E-state index is 6.18. The predicted octanol–water partition coefficient (Wildman–Crippen LogP) is 4.34. The molecule has 1 unspecified atom stereocenters. The molecule has 0 bridgehead atoms. The number of fused-ring (bicyclic) bond motifs is 1. The van der Waals surface area contributed by atoms with Crippen molar-refractivity contribution in [2.45, 2.75) is 25.8 Å². The second kappa shape index (κ2) is 5.76. The summed E-state index contributed by atoms with van der Waals surface area (Å²) in [6.45, 7) is 2.68. The smallest absolute Gasteiger partial charge is 0.206 e. The number of nitrogens with one attached hydrogen (secondary N) is 1. The molecule has 3 rings (SSSR count). The van der Waals surface area contributed by atoms with Crippen molar-refractivity contribution in [2.24, 2.45) is 0 Å². The standard InChI is InChI=1S/C13H13Cl2N3OS/c1-2-11-17-18-13(20-11)16-10-3-4-19-12-8(10)5-7(14)6-9(12)15/h5-6,10H,2-4H2,1H3,(H,16,18). The summed E-state index contributed by atoms with van der Waals surface area (Å²) in [4.78, 5) is 0. The van der Waals surface area contributed by atoms with Crippen LogP contribution in [0.1, 0.15) is 30.0 Å². The van der Waals surface area contributed by atoms with E-state index in [9.17, 15) is 0 Å². The third-order valence-electron chi connectivity index (χ3n) is 3.13. The Balaban J connectivity index is 1.89. The van der Waals surface area contributed by atoms with Crippen molar-refractivity contribution < 1.29 is 4.74 Å². The van der Waals surface area contributed by atoms with Crippen LogP contribution in [0.4, 0.5) is 5.13 Å². The second-order valence-corrected chi connectivity index (χ2v) is 6.40. The fraction of sp³-hybridized carbons (Fsp3) is 0.385. The van der Waals surface area contributed by atoms with E-state index in [1.807, 2.05) is 6.07 Å². The van der Waals surface area contributed by atoms with Crippen LogP contribution < -0.4 is 10.1 Å². The van der Waals surface area contributed by atoms with Crippen molar-refractivity contribution >= 4 is 39.7 Å². The van der Waals surface area contributed by atoms with E-state index in [-0.39, 0.29) is 6.04 Å². The van der Waals surface area contributed by atoms with E-state index in [1.54, 1.807) is 17.4 Å². The average molecular weight is 330 g/mol. The van der Waals surface area contributed by atoms with Crippen LogP contribution >= 0.6 is 34.5 Å². The average Bonchev–Trinajstić information content (AvgIpc) is 2.87. The number of aromatic nitrogens is 2. The molecule has 7 heteroatoms. The maximum Gasteiger partial charge on any atom is 0.206 e. The highest BCUT2D eigenvalue weighted by Crippen LogP contribution is 2.41. The van der Waals surface area contributed by atoms with E-state index >= 15 is 0 Å². The van der Waals surface area contributed by atoms with Gasteiger partial charge < -0.3 is 10.1 Å². The van der Waals surface area contributed by atoms with Gasteiger partial charge in [-0.3, -0.25) is 0 Å². The molecule has 1 aliphatic heterocycles. The zero-order valence-corrected chi connectivity index (χ0v) is 13.1. The lowest BCUT2D eigenvalue weighted by molar-refractivity contribution is 0.274. The first-order chi connectivity index (χ1) is 9.67. The molecule has 106 valence electrons. The SMILES string of the molecule is CCc1nnc(NC2CCOc3c(Cl)cc(Cl)cc32)s1. The number of hydrogen-bond acceptors (Lipinski definition) is 5. The third-order valence-corrected chi connectivity index (χ3v) is 4.63. The highest BCUT2D eigenvalue weighted by Gasteiger charge is 2.25. The summed E-state index contributed by atoms with van der Waals surface area (Å²) in [5, 5.41) is 14.6. The minimum atomic E-state index is 0.0904. The number of aryl methyl sites for hydroxylation is 1. The molecule has 4 nitrogen and oxygen atoms in total. The van der Waals surface area contributed by atoms with Crippen LogP contribution in [0.25, 0.3) is 0 Å². The molecule has 2 heterocycles. The molecule has 1 aromatic carbocycles. The molecular weight excluding hydrogens is 317 g/mol. The van der Waals surface area contributed by atoms with E-state index in [4.69, 9.17) is 27.9 Å². The molecule has 0 radical (unpaired) electrons. The second-order valence-electron chi connectivity index (χ2n) is 4.49. The van der Waals surface area contributed by atoms with E-state index in [1.165, 1.54) is 0 Å².